The average molecular weight is 260 g/mol. The van der Waals surface area contributed by atoms with Crippen LogP contribution in [-0.2, 0) is 12.8 Å². The second-order valence-electron chi connectivity index (χ2n) is 4.83. The number of fused-ring (bicyclic) bond motifs is 3. The zero-order valence-corrected chi connectivity index (χ0v) is 10.9. The summed E-state index contributed by atoms with van der Waals surface area (Å²) in [6, 6.07) is 7.02. The fourth-order valence-electron chi connectivity index (χ4n) is 2.74. The molecule has 0 heterocycles. The molecule has 98 valence electrons. The standard InChI is InChI=1S/C16H14F2O/c1-9-3-4-10-11-7-8-14(19-2)16(18)13(11)6-5-12(10)15(9)17/h3-4,7-8H,5-6H2,1-2H3. The van der Waals surface area contributed by atoms with Gasteiger partial charge >= 0.3 is 0 Å². The minimum atomic E-state index is -0.327. The lowest BCUT2D eigenvalue weighted by Crippen LogP contribution is -2.10. The molecule has 0 unspecified atom stereocenters. The van der Waals surface area contributed by atoms with Crippen molar-refractivity contribution in [3.05, 3.63) is 52.6 Å². The molecule has 0 aromatic heterocycles. The second-order valence-corrected chi connectivity index (χ2v) is 4.83. The predicted molar refractivity (Wildman–Crippen MR) is 70.5 cm³/mol. The molecule has 1 nitrogen and oxygen atoms in total. The number of rotatable bonds is 1. The Morgan fingerprint density at radius 1 is 0.895 bits per heavy atom. The fourth-order valence-corrected chi connectivity index (χ4v) is 2.74. The van der Waals surface area contributed by atoms with Crippen LogP contribution in [-0.4, -0.2) is 7.11 Å². The van der Waals surface area contributed by atoms with Gasteiger partial charge in [-0.3, -0.25) is 0 Å². The largest absolute Gasteiger partial charge is 0.494 e. The molecular weight excluding hydrogens is 246 g/mol. The van der Waals surface area contributed by atoms with E-state index >= 15 is 0 Å². The number of methoxy groups -OCH3 is 1. The van der Waals surface area contributed by atoms with Gasteiger partial charge in [0.05, 0.1) is 7.11 Å². The van der Waals surface area contributed by atoms with Crippen molar-refractivity contribution >= 4 is 0 Å². The van der Waals surface area contributed by atoms with E-state index in [9.17, 15) is 8.78 Å². The van der Waals surface area contributed by atoms with E-state index in [1.807, 2.05) is 12.1 Å². The van der Waals surface area contributed by atoms with Crippen LogP contribution >= 0.6 is 0 Å². The maximum atomic E-state index is 14.2. The molecule has 0 radical (unpaired) electrons. The maximum absolute atomic E-state index is 14.2. The molecule has 0 saturated heterocycles. The maximum Gasteiger partial charge on any atom is 0.168 e. The van der Waals surface area contributed by atoms with Gasteiger partial charge in [0.15, 0.2) is 11.6 Å². The number of benzene rings is 2. The zero-order chi connectivity index (χ0) is 13.6. The Morgan fingerprint density at radius 3 is 2.11 bits per heavy atom. The van der Waals surface area contributed by atoms with Crippen LogP contribution in [0.5, 0.6) is 5.75 Å². The van der Waals surface area contributed by atoms with Crippen molar-refractivity contribution in [1.29, 1.82) is 0 Å². The molecule has 0 atom stereocenters. The van der Waals surface area contributed by atoms with Crippen LogP contribution in [0.4, 0.5) is 8.78 Å². The van der Waals surface area contributed by atoms with Crippen LogP contribution in [0.2, 0.25) is 0 Å². The van der Waals surface area contributed by atoms with E-state index in [-0.39, 0.29) is 17.4 Å². The van der Waals surface area contributed by atoms with Crippen molar-refractivity contribution in [3.63, 3.8) is 0 Å². The van der Waals surface area contributed by atoms with Gasteiger partial charge in [0.25, 0.3) is 0 Å². The van der Waals surface area contributed by atoms with Crippen molar-refractivity contribution in [2.75, 3.05) is 7.11 Å². The van der Waals surface area contributed by atoms with Crippen molar-refractivity contribution < 1.29 is 13.5 Å². The molecule has 19 heavy (non-hydrogen) atoms. The minimum Gasteiger partial charge on any atom is -0.494 e. The molecule has 1 aliphatic rings. The molecule has 0 bridgehead atoms. The first-order valence-corrected chi connectivity index (χ1v) is 6.27. The summed E-state index contributed by atoms with van der Waals surface area (Å²) >= 11 is 0. The fraction of sp³-hybridized carbons (Fsp3) is 0.250. The summed E-state index contributed by atoms with van der Waals surface area (Å²) in [7, 11) is 1.45. The molecule has 0 N–H and O–H groups in total. The molecule has 0 fully saturated rings. The lowest BCUT2D eigenvalue weighted by Gasteiger charge is -2.22. The number of hydrogen-bond acceptors (Lipinski definition) is 1. The zero-order valence-electron chi connectivity index (χ0n) is 10.9. The van der Waals surface area contributed by atoms with Gasteiger partial charge in [-0.1, -0.05) is 18.2 Å². The Bertz CT molecular complexity index is 662. The monoisotopic (exact) mass is 260 g/mol. The number of halogens is 2. The topological polar surface area (TPSA) is 9.23 Å². The Morgan fingerprint density at radius 2 is 1.47 bits per heavy atom. The highest BCUT2D eigenvalue weighted by Gasteiger charge is 2.24. The van der Waals surface area contributed by atoms with Crippen molar-refractivity contribution in [2.24, 2.45) is 0 Å². The Balaban J connectivity index is 2.26. The van der Waals surface area contributed by atoms with Crippen LogP contribution in [0.25, 0.3) is 11.1 Å². The molecular formula is C16H14F2O. The van der Waals surface area contributed by atoms with Crippen LogP contribution in [0.3, 0.4) is 0 Å². The highest BCUT2D eigenvalue weighted by atomic mass is 19.1. The molecule has 0 spiro atoms. The second kappa shape index (κ2) is 4.34. The number of ether oxygens (including phenoxy) is 1. The van der Waals surface area contributed by atoms with Crippen LogP contribution in [0.15, 0.2) is 24.3 Å². The number of hydrogen-bond donors (Lipinski definition) is 0. The van der Waals surface area contributed by atoms with E-state index < -0.39 is 0 Å². The van der Waals surface area contributed by atoms with Gasteiger partial charge in [-0.25, -0.2) is 8.78 Å². The van der Waals surface area contributed by atoms with Crippen LogP contribution in [0.1, 0.15) is 16.7 Å². The highest BCUT2D eigenvalue weighted by Crippen LogP contribution is 2.39. The summed E-state index contributed by atoms with van der Waals surface area (Å²) in [6.45, 7) is 1.75. The third-order valence-electron chi connectivity index (χ3n) is 3.78. The van der Waals surface area contributed by atoms with Gasteiger partial charge in [-0.2, -0.15) is 0 Å². The van der Waals surface area contributed by atoms with E-state index in [0.717, 1.165) is 11.1 Å². The molecule has 2 aromatic rings. The molecule has 3 rings (SSSR count). The molecule has 0 saturated carbocycles. The molecule has 3 heteroatoms. The van der Waals surface area contributed by atoms with E-state index in [2.05, 4.69) is 0 Å². The first-order valence-electron chi connectivity index (χ1n) is 6.27. The van der Waals surface area contributed by atoms with Gasteiger partial charge in [0, 0.05) is 0 Å². The highest BCUT2D eigenvalue weighted by molar-refractivity contribution is 5.74. The van der Waals surface area contributed by atoms with E-state index in [4.69, 9.17) is 4.74 Å². The first-order chi connectivity index (χ1) is 9.13. The van der Waals surface area contributed by atoms with Crippen molar-refractivity contribution in [2.45, 2.75) is 19.8 Å². The smallest absolute Gasteiger partial charge is 0.168 e. The Kier molecular flexibility index (Phi) is 2.77. The van der Waals surface area contributed by atoms with Gasteiger partial charge in [0.1, 0.15) is 5.82 Å². The van der Waals surface area contributed by atoms with Gasteiger partial charge in [-0.05, 0) is 53.6 Å². The summed E-state index contributed by atoms with van der Waals surface area (Å²) in [4.78, 5) is 0. The Hall–Kier alpha value is -1.90. The third kappa shape index (κ3) is 1.72. The van der Waals surface area contributed by atoms with Crippen LogP contribution < -0.4 is 4.74 Å². The van der Waals surface area contributed by atoms with Gasteiger partial charge in [0.2, 0.25) is 0 Å². The quantitative estimate of drug-likeness (QED) is 0.751. The molecule has 2 aromatic carbocycles. The average Bonchev–Trinajstić information content (AvgIpc) is 2.43. The lowest BCUT2D eigenvalue weighted by molar-refractivity contribution is 0.384. The van der Waals surface area contributed by atoms with Gasteiger partial charge < -0.3 is 4.74 Å². The van der Waals surface area contributed by atoms with Crippen molar-refractivity contribution in [1.82, 2.24) is 0 Å². The lowest BCUT2D eigenvalue weighted by atomic mass is 9.84. The summed E-state index contributed by atoms with van der Waals surface area (Å²) in [5.41, 5.74) is 3.52. The summed E-state index contributed by atoms with van der Waals surface area (Å²) in [5.74, 6) is -0.249. The third-order valence-corrected chi connectivity index (χ3v) is 3.78. The summed E-state index contributed by atoms with van der Waals surface area (Å²) in [6.07, 6.45) is 1.03. The summed E-state index contributed by atoms with van der Waals surface area (Å²) in [5, 5.41) is 0. The molecule has 0 aliphatic heterocycles. The van der Waals surface area contributed by atoms with Crippen molar-refractivity contribution in [3.8, 4) is 16.9 Å². The number of aryl methyl sites for hydroxylation is 1. The Labute approximate surface area is 110 Å². The van der Waals surface area contributed by atoms with E-state index in [0.29, 0.717) is 29.5 Å². The predicted octanol–water partition coefficient (Wildman–Crippen LogP) is 4.05. The van der Waals surface area contributed by atoms with Crippen LogP contribution in [0, 0.1) is 18.6 Å². The van der Waals surface area contributed by atoms with E-state index in [1.54, 1.807) is 19.1 Å². The van der Waals surface area contributed by atoms with Gasteiger partial charge in [-0.15, -0.1) is 0 Å². The minimum absolute atomic E-state index is 0.167. The summed E-state index contributed by atoms with van der Waals surface area (Å²) < 4.78 is 33.3. The molecule has 0 amide bonds. The van der Waals surface area contributed by atoms with E-state index in [1.165, 1.54) is 7.11 Å². The first kappa shape index (κ1) is 12.2. The SMILES string of the molecule is COc1ccc2c(c1F)CCc1c-2ccc(C)c1F. The normalized spacial score (nSPS) is 12.8. The molecule has 1 aliphatic carbocycles.